The topological polar surface area (TPSA) is 30.7 Å². The minimum atomic E-state index is -0.841. The van der Waals surface area contributed by atoms with Gasteiger partial charge >= 0.3 is 0 Å². The van der Waals surface area contributed by atoms with E-state index in [1.54, 1.807) is 17.1 Å². The van der Waals surface area contributed by atoms with Crippen LogP contribution in [0.25, 0.3) is 0 Å². The Morgan fingerprint density at radius 3 is 2.52 bits per heavy atom. The second kappa shape index (κ2) is 5.83. The maximum absolute atomic E-state index is 14.1. The van der Waals surface area contributed by atoms with Crippen molar-refractivity contribution in [2.75, 3.05) is 0 Å². The highest BCUT2D eigenvalue weighted by molar-refractivity contribution is 5.33. The highest BCUT2D eigenvalue weighted by Gasteiger charge is 2.20. The number of aromatic nitrogens is 3. The van der Waals surface area contributed by atoms with Gasteiger partial charge in [-0.05, 0) is 11.6 Å². The average Bonchev–Trinajstić information content (AvgIpc) is 3.02. The van der Waals surface area contributed by atoms with E-state index >= 15 is 0 Å². The molecule has 3 rings (SSSR count). The predicted molar refractivity (Wildman–Crippen MR) is 74.7 cm³/mol. The molecule has 21 heavy (non-hydrogen) atoms. The molecule has 3 nitrogen and oxygen atoms in total. The zero-order valence-electron chi connectivity index (χ0n) is 11.2. The number of rotatable bonds is 4. The number of halogens is 2. The van der Waals surface area contributed by atoms with Gasteiger partial charge in [-0.1, -0.05) is 42.5 Å². The molecule has 0 radical (unpaired) electrons. The van der Waals surface area contributed by atoms with Gasteiger partial charge in [-0.15, -0.1) is 0 Å². The molecule has 1 aromatic heterocycles. The highest BCUT2D eigenvalue weighted by atomic mass is 19.2. The van der Waals surface area contributed by atoms with Crippen LogP contribution in [0.15, 0.2) is 61.2 Å². The highest BCUT2D eigenvalue weighted by Crippen LogP contribution is 2.29. The molecule has 1 heterocycles. The predicted octanol–water partition coefficient (Wildman–Crippen LogP) is 3.39. The zero-order valence-corrected chi connectivity index (χ0v) is 11.2. The molecule has 1 atom stereocenters. The van der Waals surface area contributed by atoms with Crippen LogP contribution >= 0.6 is 0 Å². The summed E-state index contributed by atoms with van der Waals surface area (Å²) < 4.78 is 29.3. The van der Waals surface area contributed by atoms with E-state index < -0.39 is 11.6 Å². The molecule has 2 aromatic carbocycles. The molecule has 0 fully saturated rings. The fourth-order valence-electron chi connectivity index (χ4n) is 2.37. The van der Waals surface area contributed by atoms with Crippen molar-refractivity contribution in [2.24, 2.45) is 0 Å². The van der Waals surface area contributed by atoms with Crippen LogP contribution in [0.5, 0.6) is 0 Å². The summed E-state index contributed by atoms with van der Waals surface area (Å²) in [6.45, 7) is 0.393. The minimum Gasteiger partial charge on any atom is -0.252 e. The first-order valence-electron chi connectivity index (χ1n) is 6.57. The van der Waals surface area contributed by atoms with E-state index in [4.69, 9.17) is 0 Å². The summed E-state index contributed by atoms with van der Waals surface area (Å²) in [5.41, 5.74) is 1.22. The van der Waals surface area contributed by atoms with Crippen LogP contribution in [0.3, 0.4) is 0 Å². The third-order valence-corrected chi connectivity index (χ3v) is 3.40. The largest absolute Gasteiger partial charge is 0.252 e. The van der Waals surface area contributed by atoms with Crippen molar-refractivity contribution in [2.45, 2.75) is 12.5 Å². The van der Waals surface area contributed by atoms with Gasteiger partial charge in [0.25, 0.3) is 0 Å². The van der Waals surface area contributed by atoms with E-state index in [1.165, 1.54) is 12.4 Å². The van der Waals surface area contributed by atoms with Crippen LogP contribution < -0.4 is 0 Å². The van der Waals surface area contributed by atoms with Crippen LogP contribution in [0.2, 0.25) is 0 Å². The van der Waals surface area contributed by atoms with Gasteiger partial charge in [-0.3, -0.25) is 4.68 Å². The molecular formula is C16H13F2N3. The average molecular weight is 285 g/mol. The van der Waals surface area contributed by atoms with E-state index in [-0.39, 0.29) is 5.92 Å². The lowest BCUT2D eigenvalue weighted by molar-refractivity contribution is 0.478. The number of nitrogens with zero attached hydrogens (tertiary/aromatic N) is 3. The molecule has 3 aromatic rings. The Morgan fingerprint density at radius 2 is 1.81 bits per heavy atom. The smallest absolute Gasteiger partial charge is 0.162 e. The molecule has 0 spiro atoms. The molecular weight excluding hydrogens is 272 g/mol. The summed E-state index contributed by atoms with van der Waals surface area (Å²) in [6.07, 6.45) is 2.98. The van der Waals surface area contributed by atoms with Gasteiger partial charge in [0.05, 0.1) is 6.54 Å². The lowest BCUT2D eigenvalue weighted by atomic mass is 9.91. The summed E-state index contributed by atoms with van der Waals surface area (Å²) in [4.78, 5) is 3.89. The summed E-state index contributed by atoms with van der Waals surface area (Å²) in [5.74, 6) is -1.98. The molecule has 5 heteroatoms. The maximum atomic E-state index is 14.1. The molecule has 0 bridgehead atoms. The van der Waals surface area contributed by atoms with Crippen LogP contribution in [0.1, 0.15) is 17.0 Å². The fourth-order valence-corrected chi connectivity index (χ4v) is 2.37. The second-order valence-corrected chi connectivity index (χ2v) is 4.72. The van der Waals surface area contributed by atoms with E-state index in [1.807, 2.05) is 30.3 Å². The third kappa shape index (κ3) is 2.81. The van der Waals surface area contributed by atoms with Crippen molar-refractivity contribution in [1.82, 2.24) is 14.8 Å². The van der Waals surface area contributed by atoms with Crippen molar-refractivity contribution in [3.63, 3.8) is 0 Å². The number of benzene rings is 2. The van der Waals surface area contributed by atoms with Crippen LogP contribution in [0, 0.1) is 11.6 Å². The molecule has 0 N–H and O–H groups in total. The molecule has 0 saturated carbocycles. The Labute approximate surface area is 120 Å². The number of hydrogen-bond acceptors (Lipinski definition) is 2. The fraction of sp³-hybridized carbons (Fsp3) is 0.125. The molecule has 0 aliphatic heterocycles. The van der Waals surface area contributed by atoms with Gasteiger partial charge < -0.3 is 0 Å². The maximum Gasteiger partial charge on any atom is 0.162 e. The normalized spacial score (nSPS) is 12.3. The van der Waals surface area contributed by atoms with Crippen LogP contribution in [-0.4, -0.2) is 14.8 Å². The quantitative estimate of drug-likeness (QED) is 0.735. The minimum absolute atomic E-state index is 0.316. The Morgan fingerprint density at radius 1 is 1.00 bits per heavy atom. The Kier molecular flexibility index (Phi) is 3.73. The summed E-state index contributed by atoms with van der Waals surface area (Å²) in [5, 5.41) is 4.05. The zero-order chi connectivity index (χ0) is 14.7. The van der Waals surface area contributed by atoms with E-state index in [0.29, 0.717) is 12.1 Å². The Balaban J connectivity index is 2.05. The molecule has 0 amide bonds. The van der Waals surface area contributed by atoms with Crippen molar-refractivity contribution in [1.29, 1.82) is 0 Å². The molecule has 1 unspecified atom stereocenters. The van der Waals surface area contributed by atoms with Crippen molar-refractivity contribution in [3.8, 4) is 0 Å². The molecule has 0 aliphatic rings. The molecule has 0 aliphatic carbocycles. The van der Waals surface area contributed by atoms with Crippen LogP contribution in [-0.2, 0) is 6.54 Å². The van der Waals surface area contributed by atoms with E-state index in [2.05, 4.69) is 10.1 Å². The van der Waals surface area contributed by atoms with Gasteiger partial charge in [0.1, 0.15) is 12.7 Å². The van der Waals surface area contributed by atoms with Crippen molar-refractivity contribution in [3.05, 3.63) is 83.9 Å². The number of hydrogen-bond donors (Lipinski definition) is 0. The van der Waals surface area contributed by atoms with Crippen molar-refractivity contribution >= 4 is 0 Å². The van der Waals surface area contributed by atoms with Crippen LogP contribution in [0.4, 0.5) is 8.78 Å². The lowest BCUT2D eigenvalue weighted by Gasteiger charge is -2.18. The van der Waals surface area contributed by atoms with E-state index in [9.17, 15) is 8.78 Å². The van der Waals surface area contributed by atoms with E-state index in [0.717, 1.165) is 11.6 Å². The van der Waals surface area contributed by atoms with Gasteiger partial charge in [-0.2, -0.15) is 5.10 Å². The second-order valence-electron chi connectivity index (χ2n) is 4.72. The summed E-state index contributed by atoms with van der Waals surface area (Å²) >= 11 is 0. The SMILES string of the molecule is Fc1cccc(C(Cn2cncn2)c2ccccc2)c1F. The third-order valence-electron chi connectivity index (χ3n) is 3.40. The monoisotopic (exact) mass is 285 g/mol. The summed E-state index contributed by atoms with van der Waals surface area (Å²) in [7, 11) is 0. The first kappa shape index (κ1) is 13.4. The van der Waals surface area contributed by atoms with Gasteiger partial charge in [-0.25, -0.2) is 13.8 Å². The lowest BCUT2D eigenvalue weighted by Crippen LogP contribution is -2.13. The van der Waals surface area contributed by atoms with Gasteiger partial charge in [0, 0.05) is 11.5 Å². The first-order chi connectivity index (χ1) is 10.3. The molecule has 0 saturated heterocycles. The van der Waals surface area contributed by atoms with Crippen molar-refractivity contribution < 1.29 is 8.78 Å². The standard InChI is InChI=1S/C16H13F2N3/c17-15-8-4-7-13(16(15)18)14(9-21-11-19-10-20-21)12-5-2-1-3-6-12/h1-8,10-11,14H,9H2. The first-order valence-corrected chi connectivity index (χ1v) is 6.57. The van der Waals surface area contributed by atoms with Gasteiger partial charge in [0.15, 0.2) is 11.6 Å². The Hall–Kier alpha value is -2.56. The van der Waals surface area contributed by atoms with Gasteiger partial charge in [0.2, 0.25) is 0 Å². The molecule has 106 valence electrons. The Bertz CT molecular complexity index is 712. The summed E-state index contributed by atoms with van der Waals surface area (Å²) in [6, 6.07) is 13.7.